The second-order valence-corrected chi connectivity index (χ2v) is 13.1. The van der Waals surface area contributed by atoms with Crippen LogP contribution >= 0.6 is 11.3 Å². The predicted molar refractivity (Wildman–Crippen MR) is 121 cm³/mol. The Labute approximate surface area is 165 Å². The lowest BCUT2D eigenvalue weighted by molar-refractivity contribution is 1.44. The van der Waals surface area contributed by atoms with Gasteiger partial charge in [-0.05, 0) is 46.9 Å². The highest BCUT2D eigenvalue weighted by Gasteiger charge is 2.40. The van der Waals surface area contributed by atoms with Gasteiger partial charge in [0.1, 0.15) is 8.07 Å². The highest BCUT2D eigenvalue weighted by molar-refractivity contribution is 7.25. The highest BCUT2D eigenvalue weighted by Crippen LogP contribution is 2.33. The molecule has 2 heterocycles. The summed E-state index contributed by atoms with van der Waals surface area (Å²) in [5, 5.41) is 4.47. The maximum Gasteiger partial charge on any atom is 0.115 e. The van der Waals surface area contributed by atoms with E-state index in [4.69, 9.17) is 4.99 Å². The molecule has 0 unspecified atom stereocenters. The van der Waals surface area contributed by atoms with Crippen molar-refractivity contribution in [3.8, 4) is 0 Å². The molecule has 1 aromatic heterocycles. The molecule has 3 aromatic carbocycles. The van der Waals surface area contributed by atoms with Crippen molar-refractivity contribution >= 4 is 51.3 Å². The van der Waals surface area contributed by atoms with Gasteiger partial charge in [0.15, 0.2) is 0 Å². The van der Waals surface area contributed by atoms with Gasteiger partial charge in [-0.3, -0.25) is 0 Å². The first-order valence-electron chi connectivity index (χ1n) is 9.33. The lowest BCUT2D eigenvalue weighted by Crippen LogP contribution is -2.59. The van der Waals surface area contributed by atoms with E-state index in [1.54, 1.807) is 5.19 Å². The average Bonchev–Trinajstić information content (AvgIpc) is 3.06. The number of thiophene rings is 1. The summed E-state index contributed by atoms with van der Waals surface area (Å²) >= 11 is 1.90. The van der Waals surface area contributed by atoms with Crippen molar-refractivity contribution in [3.05, 3.63) is 88.8 Å². The molecule has 0 fully saturated rings. The Hall–Kier alpha value is -2.49. The zero-order valence-corrected chi connectivity index (χ0v) is 17.6. The van der Waals surface area contributed by atoms with E-state index in [9.17, 15) is 0 Å². The maximum absolute atomic E-state index is 5.15. The van der Waals surface area contributed by atoms with Crippen molar-refractivity contribution in [3.63, 3.8) is 0 Å². The third kappa shape index (κ3) is 2.53. The van der Waals surface area contributed by atoms with Crippen LogP contribution < -0.4 is 10.4 Å². The maximum atomic E-state index is 5.15. The Morgan fingerprint density at radius 2 is 1.59 bits per heavy atom. The van der Waals surface area contributed by atoms with E-state index in [-0.39, 0.29) is 0 Å². The summed E-state index contributed by atoms with van der Waals surface area (Å²) in [5.41, 5.74) is 4.78. The van der Waals surface area contributed by atoms with Gasteiger partial charge >= 0.3 is 0 Å². The second kappa shape index (κ2) is 6.01. The Balaban J connectivity index is 1.90. The van der Waals surface area contributed by atoms with Crippen LogP contribution in [-0.4, -0.2) is 13.8 Å². The summed E-state index contributed by atoms with van der Waals surface area (Å²) in [6.07, 6.45) is 0. The van der Waals surface area contributed by atoms with E-state index in [0.717, 1.165) is 11.4 Å². The predicted octanol–water partition coefficient (Wildman–Crippen LogP) is 5.51. The van der Waals surface area contributed by atoms with E-state index >= 15 is 0 Å². The van der Waals surface area contributed by atoms with Crippen LogP contribution in [0.25, 0.3) is 10.1 Å². The number of hydrogen-bond donors (Lipinski definition) is 0. The van der Waals surface area contributed by atoms with Crippen LogP contribution in [0.5, 0.6) is 0 Å². The number of benzene rings is 3. The van der Waals surface area contributed by atoms with Crippen molar-refractivity contribution in [1.82, 2.24) is 0 Å². The molecule has 0 saturated carbocycles. The summed E-state index contributed by atoms with van der Waals surface area (Å²) in [7, 11) is -1.80. The Morgan fingerprint density at radius 3 is 2.41 bits per heavy atom. The number of hydrogen-bond acceptors (Lipinski definition) is 2. The van der Waals surface area contributed by atoms with E-state index in [2.05, 4.69) is 86.7 Å². The molecule has 0 atom stereocenters. The molecule has 0 saturated heterocycles. The molecule has 0 spiro atoms. The van der Waals surface area contributed by atoms with Crippen LogP contribution in [0.2, 0.25) is 13.1 Å². The summed E-state index contributed by atoms with van der Waals surface area (Å²) in [5.74, 6) is 0. The first-order chi connectivity index (χ1) is 13.1. The molecule has 27 heavy (non-hydrogen) atoms. The fraction of sp³-hybridized carbons (Fsp3) is 0.125. The SMILES string of the molecule is Cc1ccc2c(c1)C(=Nc1ccccc1)c1sc3ccccc3c1[Si]2(C)C. The van der Waals surface area contributed by atoms with Crippen molar-refractivity contribution in [2.24, 2.45) is 4.99 Å². The van der Waals surface area contributed by atoms with Crippen molar-refractivity contribution in [2.75, 3.05) is 0 Å². The fourth-order valence-electron chi connectivity index (χ4n) is 4.23. The molecule has 0 bridgehead atoms. The molecule has 1 aliphatic rings. The molecule has 1 aliphatic heterocycles. The zero-order chi connectivity index (χ0) is 18.6. The van der Waals surface area contributed by atoms with Gasteiger partial charge in [0.05, 0.1) is 16.3 Å². The summed E-state index contributed by atoms with van der Waals surface area (Å²) in [4.78, 5) is 6.52. The fourth-order valence-corrected chi connectivity index (χ4v) is 9.56. The van der Waals surface area contributed by atoms with Gasteiger partial charge in [-0.1, -0.05) is 67.2 Å². The number of aryl methyl sites for hydroxylation is 1. The minimum absolute atomic E-state index is 1.02. The molecule has 0 amide bonds. The smallest absolute Gasteiger partial charge is 0.115 e. The summed E-state index contributed by atoms with van der Waals surface area (Å²) < 4.78 is 1.37. The number of rotatable bonds is 1. The molecule has 4 aromatic rings. The van der Waals surface area contributed by atoms with Crippen molar-refractivity contribution < 1.29 is 0 Å². The van der Waals surface area contributed by atoms with E-state index in [1.807, 2.05) is 17.4 Å². The number of fused-ring (bicyclic) bond motifs is 4. The standard InChI is InChI=1S/C24H21NSSi/c1-16-13-14-21-19(15-16)22(25-17-9-5-4-6-10-17)23-24(27(21,2)3)18-11-7-8-12-20(18)26-23/h4-15H,1-3H3. The number of para-hydroxylation sites is 1. The van der Waals surface area contributed by atoms with Gasteiger partial charge in [0, 0.05) is 10.3 Å². The lowest BCUT2D eigenvalue weighted by atomic mass is 10.0. The first kappa shape index (κ1) is 16.7. The molecule has 0 aliphatic carbocycles. The van der Waals surface area contributed by atoms with Gasteiger partial charge in [-0.25, -0.2) is 4.99 Å². The van der Waals surface area contributed by atoms with Crippen LogP contribution in [-0.2, 0) is 0 Å². The van der Waals surface area contributed by atoms with Crippen LogP contribution in [0.3, 0.4) is 0 Å². The Bertz CT molecular complexity index is 1200. The van der Waals surface area contributed by atoms with E-state index in [1.165, 1.54) is 31.3 Å². The highest BCUT2D eigenvalue weighted by atomic mass is 32.1. The largest absolute Gasteiger partial charge is 0.247 e. The minimum Gasteiger partial charge on any atom is -0.247 e. The topological polar surface area (TPSA) is 12.4 Å². The van der Waals surface area contributed by atoms with Gasteiger partial charge in [0.2, 0.25) is 0 Å². The average molecular weight is 384 g/mol. The van der Waals surface area contributed by atoms with Gasteiger partial charge < -0.3 is 0 Å². The van der Waals surface area contributed by atoms with Crippen LogP contribution in [0.15, 0.2) is 77.8 Å². The molecule has 5 rings (SSSR count). The quantitative estimate of drug-likeness (QED) is 0.384. The van der Waals surface area contributed by atoms with Crippen LogP contribution in [0.1, 0.15) is 16.0 Å². The summed E-state index contributed by atoms with van der Waals surface area (Å²) in [6, 6.07) is 26.1. The molecule has 0 N–H and O–H groups in total. The third-order valence-corrected chi connectivity index (χ3v) is 10.4. The zero-order valence-electron chi connectivity index (χ0n) is 15.8. The molecular weight excluding hydrogens is 362 g/mol. The van der Waals surface area contributed by atoms with Gasteiger partial charge in [0.25, 0.3) is 0 Å². The van der Waals surface area contributed by atoms with E-state index in [0.29, 0.717) is 0 Å². The summed E-state index contributed by atoms with van der Waals surface area (Å²) in [6.45, 7) is 7.15. The Kier molecular flexibility index (Phi) is 3.71. The van der Waals surface area contributed by atoms with Crippen molar-refractivity contribution in [2.45, 2.75) is 20.0 Å². The first-order valence-corrected chi connectivity index (χ1v) is 13.1. The lowest BCUT2D eigenvalue weighted by Gasteiger charge is -2.32. The van der Waals surface area contributed by atoms with Gasteiger partial charge in [-0.2, -0.15) is 0 Å². The third-order valence-electron chi connectivity index (χ3n) is 5.54. The van der Waals surface area contributed by atoms with Crippen LogP contribution in [0.4, 0.5) is 5.69 Å². The van der Waals surface area contributed by atoms with Crippen molar-refractivity contribution in [1.29, 1.82) is 0 Å². The molecule has 132 valence electrons. The molecule has 3 heteroatoms. The van der Waals surface area contributed by atoms with E-state index < -0.39 is 8.07 Å². The monoisotopic (exact) mass is 383 g/mol. The second-order valence-electron chi connectivity index (χ2n) is 7.77. The Morgan fingerprint density at radius 1 is 0.852 bits per heavy atom. The number of nitrogens with zero attached hydrogens (tertiary/aromatic N) is 1. The normalized spacial score (nSPS) is 16.3. The van der Waals surface area contributed by atoms with Gasteiger partial charge in [-0.15, -0.1) is 11.3 Å². The molecule has 0 radical (unpaired) electrons. The molecular formula is C24H21NSSi. The van der Waals surface area contributed by atoms with Crippen LogP contribution in [0, 0.1) is 6.92 Å². The molecule has 1 nitrogen and oxygen atoms in total. The minimum atomic E-state index is -1.80. The number of aliphatic imine (C=N–C) groups is 1.